The summed E-state index contributed by atoms with van der Waals surface area (Å²) in [6.07, 6.45) is 0. The molecule has 13 heavy (non-hydrogen) atoms. The number of hydrogen-bond donors (Lipinski definition) is 2. The molecule has 1 saturated heterocycles. The molecule has 1 rings (SSSR count). The highest BCUT2D eigenvalue weighted by atomic mass is 32.2. The number of nitrogens with two attached hydrogens (primary N) is 1. The van der Waals surface area contributed by atoms with Gasteiger partial charge in [0.2, 0.25) is 5.91 Å². The second-order valence-electron chi connectivity index (χ2n) is 3.08. The molecule has 0 saturated carbocycles. The van der Waals surface area contributed by atoms with Gasteiger partial charge in [0.15, 0.2) is 0 Å². The topological polar surface area (TPSA) is 55.1 Å². The lowest BCUT2D eigenvalue weighted by atomic mass is 10.3. The fourth-order valence-electron chi connectivity index (χ4n) is 1.03. The predicted molar refractivity (Wildman–Crippen MR) is 60.2 cm³/mol. The smallest absolute Gasteiger partial charge is 0.234 e. The fourth-order valence-corrected chi connectivity index (χ4v) is 3.60. The zero-order valence-electron chi connectivity index (χ0n) is 7.79. The average Bonchev–Trinajstić information content (AvgIpc) is 2.19. The van der Waals surface area contributed by atoms with Gasteiger partial charge in [0, 0.05) is 29.8 Å². The molecule has 0 radical (unpaired) electrons. The molecule has 1 amide bonds. The predicted octanol–water partition coefficient (Wildman–Crippen LogP) is 0.298. The van der Waals surface area contributed by atoms with E-state index in [0.717, 1.165) is 11.5 Å². The van der Waals surface area contributed by atoms with Crippen LogP contribution in [0.4, 0.5) is 0 Å². The van der Waals surface area contributed by atoms with Crippen LogP contribution in [0.1, 0.15) is 6.92 Å². The largest absolute Gasteiger partial charge is 0.351 e. The lowest BCUT2D eigenvalue weighted by Crippen LogP contribution is -2.43. The number of thioether (sulfide) groups is 2. The Morgan fingerprint density at radius 3 is 3.00 bits per heavy atom. The zero-order valence-corrected chi connectivity index (χ0v) is 9.42. The van der Waals surface area contributed by atoms with Gasteiger partial charge < -0.3 is 11.1 Å². The van der Waals surface area contributed by atoms with Gasteiger partial charge in [-0.3, -0.25) is 4.79 Å². The average molecular weight is 220 g/mol. The molecule has 0 bridgehead atoms. The van der Waals surface area contributed by atoms with Crippen molar-refractivity contribution in [3.63, 3.8) is 0 Å². The molecule has 0 aromatic carbocycles. The molecule has 76 valence electrons. The van der Waals surface area contributed by atoms with Crippen molar-refractivity contribution in [2.45, 2.75) is 18.2 Å². The van der Waals surface area contributed by atoms with Crippen molar-refractivity contribution >= 4 is 29.4 Å². The summed E-state index contributed by atoms with van der Waals surface area (Å²) in [4.78, 5) is 11.6. The Morgan fingerprint density at radius 1 is 1.69 bits per heavy atom. The highest BCUT2D eigenvalue weighted by Crippen LogP contribution is 2.23. The first-order chi connectivity index (χ1) is 6.24. The Balaban J connectivity index is 2.29. The van der Waals surface area contributed by atoms with Crippen LogP contribution < -0.4 is 11.1 Å². The molecular weight excluding hydrogens is 204 g/mol. The van der Waals surface area contributed by atoms with E-state index in [4.69, 9.17) is 5.73 Å². The third kappa shape index (κ3) is 3.79. The minimum atomic E-state index is 0.0972. The van der Waals surface area contributed by atoms with Crippen molar-refractivity contribution in [1.29, 1.82) is 0 Å². The molecular formula is C8H16N2OS2. The van der Waals surface area contributed by atoms with E-state index in [-0.39, 0.29) is 17.2 Å². The van der Waals surface area contributed by atoms with Crippen molar-refractivity contribution < 1.29 is 4.79 Å². The van der Waals surface area contributed by atoms with Gasteiger partial charge in [-0.1, -0.05) is 0 Å². The van der Waals surface area contributed by atoms with Crippen LogP contribution in [-0.4, -0.2) is 41.0 Å². The standard InChI is InChI=1S/C8H16N2OS2/c1-6(4-9)10-8(11)7-5-12-2-3-13-7/h6-7H,2-5,9H2,1H3,(H,10,11)/t6-,7?/m1/s1. The second-order valence-corrected chi connectivity index (χ2v) is 5.54. The summed E-state index contributed by atoms with van der Waals surface area (Å²) in [6.45, 7) is 2.44. The van der Waals surface area contributed by atoms with Gasteiger partial charge in [-0.2, -0.15) is 11.8 Å². The molecule has 0 aliphatic carbocycles. The van der Waals surface area contributed by atoms with E-state index >= 15 is 0 Å². The molecule has 1 fully saturated rings. The van der Waals surface area contributed by atoms with Gasteiger partial charge in [0.05, 0.1) is 5.25 Å². The third-order valence-electron chi connectivity index (χ3n) is 1.85. The van der Waals surface area contributed by atoms with Crippen LogP contribution in [0.5, 0.6) is 0 Å². The molecule has 0 spiro atoms. The summed E-state index contributed by atoms with van der Waals surface area (Å²) >= 11 is 3.60. The van der Waals surface area contributed by atoms with Gasteiger partial charge in [-0.05, 0) is 6.92 Å². The van der Waals surface area contributed by atoms with Gasteiger partial charge in [0.1, 0.15) is 0 Å². The van der Waals surface area contributed by atoms with E-state index in [2.05, 4.69) is 5.32 Å². The molecule has 5 heteroatoms. The second kappa shape index (κ2) is 5.78. The maximum absolute atomic E-state index is 11.6. The van der Waals surface area contributed by atoms with E-state index < -0.39 is 0 Å². The Hall–Kier alpha value is 0.130. The molecule has 3 N–H and O–H groups in total. The summed E-state index contributed by atoms with van der Waals surface area (Å²) in [5.41, 5.74) is 5.42. The number of nitrogens with one attached hydrogen (secondary N) is 1. The van der Waals surface area contributed by atoms with Crippen LogP contribution in [0, 0.1) is 0 Å². The highest BCUT2D eigenvalue weighted by Gasteiger charge is 2.22. The first kappa shape index (κ1) is 11.2. The number of rotatable bonds is 3. The highest BCUT2D eigenvalue weighted by molar-refractivity contribution is 8.07. The third-order valence-corrected chi connectivity index (χ3v) is 4.60. The SMILES string of the molecule is C[C@H](CN)NC(=O)C1CSCCS1. The van der Waals surface area contributed by atoms with Crippen LogP contribution in [0.25, 0.3) is 0 Å². The first-order valence-corrected chi connectivity index (χ1v) is 6.64. The zero-order chi connectivity index (χ0) is 9.68. The van der Waals surface area contributed by atoms with Gasteiger partial charge in [-0.15, -0.1) is 11.8 Å². The van der Waals surface area contributed by atoms with Crippen molar-refractivity contribution in [3.05, 3.63) is 0 Å². The van der Waals surface area contributed by atoms with Crippen LogP contribution in [-0.2, 0) is 4.79 Å². The molecule has 1 heterocycles. The molecule has 1 aliphatic heterocycles. The van der Waals surface area contributed by atoms with Crippen LogP contribution >= 0.6 is 23.5 Å². The fraction of sp³-hybridized carbons (Fsp3) is 0.875. The number of carbonyl (C=O) groups is 1. The minimum absolute atomic E-state index is 0.0972. The van der Waals surface area contributed by atoms with Crippen molar-refractivity contribution in [1.82, 2.24) is 5.32 Å². The number of hydrogen-bond acceptors (Lipinski definition) is 4. The number of carbonyl (C=O) groups excluding carboxylic acids is 1. The molecule has 2 atom stereocenters. The minimum Gasteiger partial charge on any atom is -0.351 e. The Bertz CT molecular complexity index is 172. The van der Waals surface area contributed by atoms with Gasteiger partial charge >= 0.3 is 0 Å². The van der Waals surface area contributed by atoms with Gasteiger partial charge in [-0.25, -0.2) is 0 Å². The van der Waals surface area contributed by atoms with Crippen molar-refractivity contribution in [2.24, 2.45) is 5.73 Å². The Morgan fingerprint density at radius 2 is 2.46 bits per heavy atom. The van der Waals surface area contributed by atoms with E-state index in [1.54, 1.807) is 11.8 Å². The Kier molecular flexibility index (Phi) is 4.98. The lowest BCUT2D eigenvalue weighted by Gasteiger charge is -2.22. The first-order valence-electron chi connectivity index (χ1n) is 4.44. The molecule has 3 nitrogen and oxygen atoms in total. The van der Waals surface area contributed by atoms with Crippen molar-refractivity contribution in [3.8, 4) is 0 Å². The summed E-state index contributed by atoms with van der Waals surface area (Å²) in [5, 5.41) is 3.03. The summed E-state index contributed by atoms with van der Waals surface area (Å²) in [5.74, 6) is 3.34. The van der Waals surface area contributed by atoms with E-state index in [0.29, 0.717) is 6.54 Å². The van der Waals surface area contributed by atoms with E-state index in [1.165, 1.54) is 5.75 Å². The maximum Gasteiger partial charge on any atom is 0.234 e. The number of amides is 1. The summed E-state index contributed by atoms with van der Waals surface area (Å²) in [6, 6.07) is 0.0972. The summed E-state index contributed by atoms with van der Waals surface area (Å²) in [7, 11) is 0. The molecule has 1 aliphatic rings. The quantitative estimate of drug-likeness (QED) is 0.718. The normalized spacial score (nSPS) is 25.2. The van der Waals surface area contributed by atoms with E-state index in [1.807, 2.05) is 18.7 Å². The van der Waals surface area contributed by atoms with Crippen LogP contribution in [0.2, 0.25) is 0 Å². The lowest BCUT2D eigenvalue weighted by molar-refractivity contribution is -0.120. The summed E-state index contributed by atoms with van der Waals surface area (Å²) < 4.78 is 0. The van der Waals surface area contributed by atoms with Crippen LogP contribution in [0.3, 0.4) is 0 Å². The van der Waals surface area contributed by atoms with Gasteiger partial charge in [0.25, 0.3) is 0 Å². The van der Waals surface area contributed by atoms with Crippen LogP contribution in [0.15, 0.2) is 0 Å². The van der Waals surface area contributed by atoms with E-state index in [9.17, 15) is 4.79 Å². The molecule has 0 aromatic heterocycles. The molecule has 0 aromatic rings. The Labute approximate surface area is 87.6 Å². The molecule has 1 unspecified atom stereocenters. The maximum atomic E-state index is 11.6. The van der Waals surface area contributed by atoms with Crippen molar-refractivity contribution in [2.75, 3.05) is 23.8 Å². The monoisotopic (exact) mass is 220 g/mol.